The number of benzene rings is 2. The minimum Gasteiger partial charge on any atom is -0.471 e. The van der Waals surface area contributed by atoms with Gasteiger partial charge >= 0.3 is 0 Å². The predicted octanol–water partition coefficient (Wildman–Crippen LogP) is 5.86. The monoisotopic (exact) mass is 539 g/mol. The SMILES string of the molecule is Cc1cccc(C)c1-c1cc2nc(n1)NCc1cccc(c1)C(=O)N1CCN(C3CCC(C)(C)CC3)C[C@@H](C1)O2. The average molecular weight is 540 g/mol. The Labute approximate surface area is 238 Å². The zero-order valence-corrected chi connectivity index (χ0v) is 24.2. The predicted molar refractivity (Wildman–Crippen MR) is 159 cm³/mol. The van der Waals surface area contributed by atoms with Gasteiger partial charge < -0.3 is 15.0 Å². The third-order valence-electron chi connectivity index (χ3n) is 8.98. The molecule has 1 saturated carbocycles. The van der Waals surface area contributed by atoms with Crippen molar-refractivity contribution in [3.05, 3.63) is 70.8 Å². The number of anilines is 1. The first-order chi connectivity index (χ1) is 19.2. The number of ether oxygens (including phenoxy) is 1. The first kappa shape index (κ1) is 26.8. The van der Waals surface area contributed by atoms with Crippen LogP contribution in [0.25, 0.3) is 11.3 Å². The number of aromatic nitrogens is 2. The third-order valence-corrected chi connectivity index (χ3v) is 8.98. The van der Waals surface area contributed by atoms with Crippen LogP contribution < -0.4 is 10.1 Å². The molecule has 7 heteroatoms. The third kappa shape index (κ3) is 5.71. The summed E-state index contributed by atoms with van der Waals surface area (Å²) in [4.78, 5) is 28.0. The van der Waals surface area contributed by atoms with E-state index in [4.69, 9.17) is 14.7 Å². The minimum atomic E-state index is -0.195. The van der Waals surface area contributed by atoms with E-state index in [0.29, 0.717) is 48.5 Å². The van der Waals surface area contributed by atoms with Crippen LogP contribution in [-0.2, 0) is 6.54 Å². The van der Waals surface area contributed by atoms with E-state index in [9.17, 15) is 4.79 Å². The lowest BCUT2D eigenvalue weighted by Crippen LogP contribution is -2.45. The molecule has 1 aromatic heterocycles. The molecule has 1 aliphatic carbocycles. The van der Waals surface area contributed by atoms with Crippen LogP contribution in [0.5, 0.6) is 5.88 Å². The Kier molecular flexibility index (Phi) is 7.26. The number of nitrogens with one attached hydrogen (secondary N) is 1. The van der Waals surface area contributed by atoms with Crippen LogP contribution in [0.3, 0.4) is 0 Å². The van der Waals surface area contributed by atoms with Gasteiger partial charge in [-0.05, 0) is 73.8 Å². The van der Waals surface area contributed by atoms with Gasteiger partial charge in [0.2, 0.25) is 11.8 Å². The van der Waals surface area contributed by atoms with Gasteiger partial charge in [-0.2, -0.15) is 4.98 Å². The molecule has 1 atom stereocenters. The van der Waals surface area contributed by atoms with E-state index in [1.165, 1.54) is 36.8 Å². The van der Waals surface area contributed by atoms with Crippen molar-refractivity contribution in [3.8, 4) is 17.1 Å². The van der Waals surface area contributed by atoms with Gasteiger partial charge in [-0.1, -0.05) is 44.2 Å². The fourth-order valence-corrected chi connectivity index (χ4v) is 6.60. The Bertz CT molecular complexity index is 1370. The fraction of sp³-hybridized carbons (Fsp3) is 0.485. The Hall–Kier alpha value is -3.45. The smallest absolute Gasteiger partial charge is 0.254 e. The van der Waals surface area contributed by atoms with Gasteiger partial charge in [0.1, 0.15) is 6.10 Å². The van der Waals surface area contributed by atoms with Crippen LogP contribution in [0.4, 0.5) is 5.95 Å². The molecule has 0 unspecified atom stereocenters. The van der Waals surface area contributed by atoms with Crippen molar-refractivity contribution in [2.45, 2.75) is 72.1 Å². The summed E-state index contributed by atoms with van der Waals surface area (Å²) in [6.07, 6.45) is 4.64. The van der Waals surface area contributed by atoms with Crippen LogP contribution >= 0.6 is 0 Å². The summed E-state index contributed by atoms with van der Waals surface area (Å²) in [6.45, 7) is 12.4. The maximum atomic E-state index is 13.7. The molecule has 3 heterocycles. The average Bonchev–Trinajstić information content (AvgIpc) is 3.13. The molecular formula is C33H41N5O2. The summed E-state index contributed by atoms with van der Waals surface area (Å²) in [5.41, 5.74) is 6.43. The molecular weight excluding hydrogens is 498 g/mol. The van der Waals surface area contributed by atoms with Crippen LogP contribution in [0, 0.1) is 19.3 Å². The standard InChI is InChI=1S/C33H41N5O2/c1-22-7-5-8-23(2)30(22)28-18-29-36-32(35-28)34-19-24-9-6-10-25(17-24)31(39)38-16-15-37(20-27(21-38)40-29)26-11-13-33(3,4)14-12-26/h5-10,17-18,26-27H,11-16,19-21H2,1-4H3,(H,34,35,36)/t27-/m0/s1. The van der Waals surface area contributed by atoms with Crippen molar-refractivity contribution in [2.24, 2.45) is 5.41 Å². The van der Waals surface area contributed by atoms with Crippen molar-refractivity contribution in [1.82, 2.24) is 19.8 Å². The molecule has 2 aliphatic heterocycles. The van der Waals surface area contributed by atoms with Crippen LogP contribution in [0.15, 0.2) is 48.5 Å². The highest BCUT2D eigenvalue weighted by Gasteiger charge is 2.35. The van der Waals surface area contributed by atoms with Crippen LogP contribution in [-0.4, -0.2) is 64.0 Å². The summed E-state index contributed by atoms with van der Waals surface area (Å²) in [7, 11) is 0. The summed E-state index contributed by atoms with van der Waals surface area (Å²) in [6, 6.07) is 16.7. The second-order valence-corrected chi connectivity index (χ2v) is 12.6. The molecule has 3 aromatic rings. The van der Waals surface area contributed by atoms with E-state index < -0.39 is 0 Å². The number of amides is 1. The topological polar surface area (TPSA) is 70.6 Å². The Morgan fingerprint density at radius 1 is 0.950 bits per heavy atom. The van der Waals surface area contributed by atoms with Gasteiger partial charge in [-0.3, -0.25) is 9.69 Å². The summed E-state index contributed by atoms with van der Waals surface area (Å²) < 4.78 is 6.70. The van der Waals surface area contributed by atoms with Crippen LogP contribution in [0.2, 0.25) is 0 Å². The molecule has 6 rings (SSSR count). The van der Waals surface area contributed by atoms with Gasteiger partial charge in [0.15, 0.2) is 0 Å². The lowest BCUT2D eigenvalue weighted by atomic mass is 9.75. The summed E-state index contributed by atoms with van der Waals surface area (Å²) >= 11 is 0. The van der Waals surface area contributed by atoms with Gasteiger partial charge in [-0.15, -0.1) is 0 Å². The van der Waals surface area contributed by atoms with Gasteiger partial charge in [-0.25, -0.2) is 4.98 Å². The van der Waals surface area contributed by atoms with Crippen molar-refractivity contribution < 1.29 is 9.53 Å². The zero-order chi connectivity index (χ0) is 27.9. The van der Waals surface area contributed by atoms with E-state index >= 15 is 0 Å². The molecule has 210 valence electrons. The highest BCUT2D eigenvalue weighted by Crippen LogP contribution is 2.37. The van der Waals surface area contributed by atoms with Crippen LogP contribution in [0.1, 0.15) is 66.6 Å². The lowest BCUT2D eigenvalue weighted by Gasteiger charge is -2.40. The second-order valence-electron chi connectivity index (χ2n) is 12.6. The minimum absolute atomic E-state index is 0.0651. The van der Waals surface area contributed by atoms with E-state index in [1.807, 2.05) is 35.2 Å². The highest BCUT2D eigenvalue weighted by atomic mass is 16.5. The maximum Gasteiger partial charge on any atom is 0.254 e. The fourth-order valence-electron chi connectivity index (χ4n) is 6.60. The normalized spacial score (nSPS) is 21.8. The molecule has 2 fully saturated rings. The molecule has 6 bridgehead atoms. The number of fused-ring (bicyclic) bond motifs is 6. The number of carbonyl (C=O) groups excluding carboxylic acids is 1. The summed E-state index contributed by atoms with van der Waals surface area (Å²) in [5, 5.41) is 3.40. The Morgan fingerprint density at radius 2 is 1.70 bits per heavy atom. The maximum absolute atomic E-state index is 13.7. The lowest BCUT2D eigenvalue weighted by molar-refractivity contribution is 0.0666. The molecule has 0 spiro atoms. The van der Waals surface area contributed by atoms with Crippen molar-refractivity contribution in [1.29, 1.82) is 0 Å². The molecule has 3 aliphatic rings. The first-order valence-corrected chi connectivity index (χ1v) is 14.7. The number of nitrogens with zero attached hydrogens (tertiary/aromatic N) is 4. The number of carbonyl (C=O) groups is 1. The van der Waals surface area contributed by atoms with Gasteiger partial charge in [0.25, 0.3) is 5.91 Å². The van der Waals surface area contributed by atoms with E-state index in [0.717, 1.165) is 29.9 Å². The molecule has 7 nitrogen and oxygen atoms in total. The number of rotatable bonds is 2. The first-order valence-electron chi connectivity index (χ1n) is 14.7. The van der Waals surface area contributed by atoms with Crippen molar-refractivity contribution in [3.63, 3.8) is 0 Å². The Balaban J connectivity index is 1.38. The highest BCUT2D eigenvalue weighted by molar-refractivity contribution is 5.94. The summed E-state index contributed by atoms with van der Waals surface area (Å²) in [5.74, 6) is 1.14. The second kappa shape index (κ2) is 10.8. The number of hydrogen-bond donors (Lipinski definition) is 1. The zero-order valence-electron chi connectivity index (χ0n) is 24.2. The molecule has 1 saturated heterocycles. The quantitative estimate of drug-likeness (QED) is 0.440. The number of aryl methyl sites for hydroxylation is 2. The number of hydrogen-bond acceptors (Lipinski definition) is 6. The Morgan fingerprint density at radius 3 is 2.48 bits per heavy atom. The van der Waals surface area contributed by atoms with Gasteiger partial charge in [0, 0.05) is 49.4 Å². The molecule has 0 radical (unpaired) electrons. The molecule has 1 N–H and O–H groups in total. The molecule has 40 heavy (non-hydrogen) atoms. The van der Waals surface area contributed by atoms with E-state index in [1.54, 1.807) is 0 Å². The largest absolute Gasteiger partial charge is 0.471 e. The van der Waals surface area contributed by atoms with E-state index in [2.05, 4.69) is 56.1 Å². The van der Waals surface area contributed by atoms with Crippen molar-refractivity contribution in [2.75, 3.05) is 31.5 Å². The van der Waals surface area contributed by atoms with Crippen molar-refractivity contribution >= 4 is 11.9 Å². The van der Waals surface area contributed by atoms with E-state index in [-0.39, 0.29) is 12.0 Å². The van der Waals surface area contributed by atoms with Gasteiger partial charge in [0.05, 0.1) is 12.2 Å². The molecule has 1 amide bonds. The molecule has 2 aromatic carbocycles.